The number of hydrogen-bond donors (Lipinski definition) is 0. The Hall–Kier alpha value is -2.30. The van der Waals surface area contributed by atoms with Crippen LogP contribution >= 0.6 is 23.5 Å². The van der Waals surface area contributed by atoms with Gasteiger partial charge in [-0.3, -0.25) is 0 Å². The average Bonchev–Trinajstić information content (AvgIpc) is 2.69. The molecule has 3 aromatic carbocycles. The molecule has 130 valence electrons. The van der Waals surface area contributed by atoms with Gasteiger partial charge in [0.25, 0.3) is 0 Å². The predicted molar refractivity (Wildman–Crippen MR) is 112 cm³/mol. The Morgan fingerprint density at radius 1 is 0.808 bits per heavy atom. The smallest absolute Gasteiger partial charge is 0.123 e. The lowest BCUT2D eigenvalue weighted by molar-refractivity contribution is 0.626. The SMILES string of the molecule is CC(=C\Sc1ccccc1)/C(=N/c1ccccc1)Sc1ccc(F)cc1. The molecule has 0 spiro atoms. The Morgan fingerprint density at radius 2 is 1.42 bits per heavy atom. The lowest BCUT2D eigenvalue weighted by Crippen LogP contribution is -1.94. The van der Waals surface area contributed by atoms with Crippen molar-refractivity contribution in [1.82, 2.24) is 0 Å². The lowest BCUT2D eigenvalue weighted by atomic mass is 10.3. The first-order valence-electron chi connectivity index (χ1n) is 8.17. The molecule has 0 aromatic heterocycles. The van der Waals surface area contributed by atoms with Gasteiger partial charge in [0.2, 0.25) is 0 Å². The molecular weight excluding hydrogens is 361 g/mol. The summed E-state index contributed by atoms with van der Waals surface area (Å²) >= 11 is 3.20. The number of para-hydroxylation sites is 1. The number of benzene rings is 3. The van der Waals surface area contributed by atoms with Crippen molar-refractivity contribution in [2.24, 2.45) is 4.99 Å². The summed E-state index contributed by atoms with van der Waals surface area (Å²) in [5, 5.41) is 3.00. The van der Waals surface area contributed by atoms with Crippen LogP contribution in [0.5, 0.6) is 0 Å². The molecule has 0 amide bonds. The van der Waals surface area contributed by atoms with Crippen LogP contribution in [0.2, 0.25) is 0 Å². The van der Waals surface area contributed by atoms with Crippen LogP contribution in [0, 0.1) is 5.82 Å². The predicted octanol–water partition coefficient (Wildman–Crippen LogP) is 7.34. The van der Waals surface area contributed by atoms with Crippen LogP contribution in [0.1, 0.15) is 6.92 Å². The molecule has 0 radical (unpaired) electrons. The zero-order chi connectivity index (χ0) is 18.2. The topological polar surface area (TPSA) is 12.4 Å². The lowest BCUT2D eigenvalue weighted by Gasteiger charge is -2.08. The molecule has 0 fully saturated rings. The number of nitrogens with zero attached hydrogens (tertiary/aromatic N) is 1. The summed E-state index contributed by atoms with van der Waals surface area (Å²) in [5.74, 6) is -0.234. The molecule has 4 heteroatoms. The van der Waals surface area contributed by atoms with Crippen LogP contribution in [0.25, 0.3) is 0 Å². The molecule has 0 saturated heterocycles. The van der Waals surface area contributed by atoms with E-state index in [1.54, 1.807) is 23.9 Å². The number of halogens is 1. The van der Waals surface area contributed by atoms with Gasteiger partial charge in [-0.05, 0) is 66.4 Å². The van der Waals surface area contributed by atoms with Gasteiger partial charge in [-0.25, -0.2) is 9.38 Å². The van der Waals surface area contributed by atoms with Gasteiger partial charge in [0.1, 0.15) is 10.9 Å². The molecule has 0 atom stereocenters. The fraction of sp³-hybridized carbons (Fsp3) is 0.0455. The molecule has 1 nitrogen and oxygen atoms in total. The minimum atomic E-state index is -0.234. The van der Waals surface area contributed by atoms with Crippen LogP contribution < -0.4 is 0 Å². The first kappa shape index (κ1) is 18.5. The largest absolute Gasteiger partial charge is 0.241 e. The Kier molecular flexibility index (Phi) is 6.69. The Balaban J connectivity index is 1.86. The molecule has 0 bridgehead atoms. The van der Waals surface area contributed by atoms with Gasteiger partial charge < -0.3 is 0 Å². The molecule has 0 unspecified atom stereocenters. The van der Waals surface area contributed by atoms with Gasteiger partial charge in [-0.2, -0.15) is 0 Å². The van der Waals surface area contributed by atoms with Gasteiger partial charge in [-0.15, -0.1) is 0 Å². The Bertz CT molecular complexity index is 888. The van der Waals surface area contributed by atoms with Crippen molar-refractivity contribution in [3.63, 3.8) is 0 Å². The standard InChI is InChI=1S/C22H18FNS2/c1-17(16-25-20-10-6-3-7-11-20)22(24-19-8-4-2-5-9-19)26-21-14-12-18(23)13-15-21/h2-16H,1H3/b17-16+,24-22-. The summed E-state index contributed by atoms with van der Waals surface area (Å²) < 4.78 is 13.2. The van der Waals surface area contributed by atoms with Crippen molar-refractivity contribution in [2.75, 3.05) is 0 Å². The van der Waals surface area contributed by atoms with E-state index in [1.165, 1.54) is 28.8 Å². The minimum absolute atomic E-state index is 0.234. The minimum Gasteiger partial charge on any atom is -0.241 e. The summed E-state index contributed by atoms with van der Waals surface area (Å²) in [6.07, 6.45) is 0. The maximum Gasteiger partial charge on any atom is 0.123 e. The second kappa shape index (κ2) is 9.41. The third-order valence-corrected chi connectivity index (χ3v) is 5.60. The van der Waals surface area contributed by atoms with Crippen LogP contribution in [0.15, 0.2) is 111 Å². The first-order chi connectivity index (χ1) is 12.7. The number of hydrogen-bond acceptors (Lipinski definition) is 3. The Labute approximate surface area is 162 Å². The number of rotatable bonds is 5. The van der Waals surface area contributed by atoms with Crippen molar-refractivity contribution in [1.29, 1.82) is 0 Å². The molecule has 0 aliphatic heterocycles. The average molecular weight is 380 g/mol. The highest BCUT2D eigenvalue weighted by molar-refractivity contribution is 8.14. The van der Waals surface area contributed by atoms with E-state index >= 15 is 0 Å². The maximum atomic E-state index is 13.2. The third kappa shape index (κ3) is 5.61. The molecule has 3 rings (SSSR count). The highest BCUT2D eigenvalue weighted by atomic mass is 32.2. The van der Waals surface area contributed by atoms with Gasteiger partial charge in [-0.1, -0.05) is 59.9 Å². The molecule has 0 saturated carbocycles. The molecular formula is C22H18FNS2. The molecule has 3 aromatic rings. The van der Waals surface area contributed by atoms with E-state index in [2.05, 4.69) is 17.5 Å². The van der Waals surface area contributed by atoms with Crippen molar-refractivity contribution in [3.8, 4) is 0 Å². The van der Waals surface area contributed by atoms with Gasteiger partial charge in [0, 0.05) is 9.79 Å². The molecule has 0 aliphatic carbocycles. The summed E-state index contributed by atoms with van der Waals surface area (Å²) in [6, 6.07) is 26.6. The maximum absolute atomic E-state index is 13.2. The normalized spacial score (nSPS) is 12.2. The molecule has 0 N–H and O–H groups in total. The van der Waals surface area contributed by atoms with E-state index in [1.807, 2.05) is 55.5 Å². The fourth-order valence-corrected chi connectivity index (χ4v) is 3.81. The van der Waals surface area contributed by atoms with Crippen molar-refractivity contribution in [2.45, 2.75) is 16.7 Å². The highest BCUT2D eigenvalue weighted by Crippen LogP contribution is 2.29. The summed E-state index contributed by atoms with van der Waals surface area (Å²) in [5.41, 5.74) is 1.96. The molecule has 0 aliphatic rings. The highest BCUT2D eigenvalue weighted by Gasteiger charge is 2.07. The summed E-state index contributed by atoms with van der Waals surface area (Å²) in [6.45, 7) is 2.05. The number of aliphatic imine (C=N–C) groups is 1. The van der Waals surface area contributed by atoms with Gasteiger partial charge >= 0.3 is 0 Å². The van der Waals surface area contributed by atoms with Gasteiger partial charge in [0.15, 0.2) is 0 Å². The Morgan fingerprint density at radius 3 is 2.08 bits per heavy atom. The monoisotopic (exact) mass is 379 g/mol. The van der Waals surface area contributed by atoms with E-state index in [9.17, 15) is 4.39 Å². The number of thioether (sulfide) groups is 2. The molecule has 0 heterocycles. The van der Waals surface area contributed by atoms with Crippen LogP contribution in [-0.2, 0) is 0 Å². The van der Waals surface area contributed by atoms with Crippen LogP contribution in [0.4, 0.5) is 10.1 Å². The molecule has 26 heavy (non-hydrogen) atoms. The van der Waals surface area contributed by atoms with Crippen molar-refractivity contribution in [3.05, 3.63) is 102 Å². The van der Waals surface area contributed by atoms with E-state index < -0.39 is 0 Å². The fourth-order valence-electron chi connectivity index (χ4n) is 2.13. The summed E-state index contributed by atoms with van der Waals surface area (Å²) in [7, 11) is 0. The second-order valence-electron chi connectivity index (χ2n) is 5.54. The third-order valence-electron chi connectivity index (χ3n) is 3.47. The van der Waals surface area contributed by atoms with E-state index in [0.717, 1.165) is 21.2 Å². The van der Waals surface area contributed by atoms with Crippen molar-refractivity contribution >= 4 is 34.3 Å². The van der Waals surface area contributed by atoms with Crippen LogP contribution in [0.3, 0.4) is 0 Å². The quantitative estimate of drug-likeness (QED) is 0.261. The van der Waals surface area contributed by atoms with Crippen LogP contribution in [-0.4, -0.2) is 5.04 Å². The summed E-state index contributed by atoms with van der Waals surface area (Å²) in [4.78, 5) is 6.93. The van der Waals surface area contributed by atoms with Gasteiger partial charge in [0.05, 0.1) is 5.69 Å². The second-order valence-corrected chi connectivity index (χ2v) is 7.55. The zero-order valence-electron chi connectivity index (χ0n) is 14.3. The van der Waals surface area contributed by atoms with E-state index in [-0.39, 0.29) is 5.82 Å². The van der Waals surface area contributed by atoms with Crippen molar-refractivity contribution < 1.29 is 4.39 Å². The zero-order valence-corrected chi connectivity index (χ0v) is 15.9. The first-order valence-corrected chi connectivity index (χ1v) is 9.86. The van der Waals surface area contributed by atoms with E-state index in [4.69, 9.17) is 4.99 Å². The van der Waals surface area contributed by atoms with E-state index in [0.29, 0.717) is 0 Å².